The van der Waals surface area contributed by atoms with Crippen molar-refractivity contribution in [2.75, 3.05) is 26.2 Å². The summed E-state index contributed by atoms with van der Waals surface area (Å²) in [5.41, 5.74) is 0.657. The van der Waals surface area contributed by atoms with Crippen LogP contribution in [0.15, 0.2) is 18.2 Å². The first-order chi connectivity index (χ1) is 9.13. The Hall–Kier alpha value is -1.00. The van der Waals surface area contributed by atoms with Crippen LogP contribution in [0.3, 0.4) is 0 Å². The summed E-state index contributed by atoms with van der Waals surface area (Å²) >= 11 is 0. The van der Waals surface area contributed by atoms with Crippen LogP contribution in [0.4, 0.5) is 8.78 Å². The first kappa shape index (κ1) is 14.4. The van der Waals surface area contributed by atoms with Gasteiger partial charge in [-0.2, -0.15) is 0 Å². The van der Waals surface area contributed by atoms with Gasteiger partial charge in [0.2, 0.25) is 0 Å². The molecule has 1 saturated heterocycles. The van der Waals surface area contributed by atoms with E-state index in [1.165, 1.54) is 25.0 Å². The molecule has 2 nitrogen and oxygen atoms in total. The molecule has 19 heavy (non-hydrogen) atoms. The molecule has 1 aliphatic rings. The van der Waals surface area contributed by atoms with E-state index in [1.54, 1.807) is 0 Å². The van der Waals surface area contributed by atoms with Crippen LogP contribution in [0.1, 0.15) is 25.3 Å². The number of hydrogen-bond acceptors (Lipinski definition) is 2. The van der Waals surface area contributed by atoms with E-state index in [0.29, 0.717) is 12.1 Å². The summed E-state index contributed by atoms with van der Waals surface area (Å²) in [6.45, 7) is 7.00. The highest BCUT2D eigenvalue weighted by Crippen LogP contribution is 2.15. The van der Waals surface area contributed by atoms with Gasteiger partial charge in [-0.05, 0) is 49.5 Å². The molecule has 0 amide bonds. The highest BCUT2D eigenvalue weighted by atomic mass is 19.1. The molecule has 4 heteroatoms. The quantitative estimate of drug-likeness (QED) is 0.826. The average molecular weight is 268 g/mol. The van der Waals surface area contributed by atoms with Crippen LogP contribution in [-0.4, -0.2) is 31.1 Å². The largest absolute Gasteiger partial charge is 0.311 e. The van der Waals surface area contributed by atoms with Gasteiger partial charge in [-0.3, -0.25) is 0 Å². The van der Waals surface area contributed by atoms with E-state index >= 15 is 0 Å². The summed E-state index contributed by atoms with van der Waals surface area (Å²) in [5.74, 6) is -0.178. The fraction of sp³-hybridized carbons (Fsp3) is 0.600. The number of halogens is 2. The molecule has 1 heterocycles. The van der Waals surface area contributed by atoms with Gasteiger partial charge < -0.3 is 10.2 Å². The summed E-state index contributed by atoms with van der Waals surface area (Å²) in [6.07, 6.45) is 2.55. The van der Waals surface area contributed by atoms with Gasteiger partial charge in [-0.15, -0.1) is 0 Å². The maximum atomic E-state index is 13.0. The minimum absolute atomic E-state index is 0.512. The Balaban J connectivity index is 1.66. The maximum absolute atomic E-state index is 13.0. The monoisotopic (exact) mass is 268 g/mol. The van der Waals surface area contributed by atoms with Crippen LogP contribution in [0, 0.1) is 17.6 Å². The molecule has 1 fully saturated rings. The number of piperidine rings is 1. The van der Waals surface area contributed by atoms with Gasteiger partial charge in [0.05, 0.1) is 0 Å². The third-order valence-electron chi connectivity index (χ3n) is 3.73. The van der Waals surface area contributed by atoms with Crippen molar-refractivity contribution >= 4 is 0 Å². The molecule has 0 radical (unpaired) electrons. The lowest BCUT2D eigenvalue weighted by Crippen LogP contribution is -2.37. The molecule has 0 saturated carbocycles. The van der Waals surface area contributed by atoms with Crippen molar-refractivity contribution in [1.29, 1.82) is 0 Å². The fourth-order valence-corrected chi connectivity index (χ4v) is 2.47. The van der Waals surface area contributed by atoms with Crippen molar-refractivity contribution in [2.24, 2.45) is 5.92 Å². The first-order valence-corrected chi connectivity index (χ1v) is 7.01. The highest BCUT2D eigenvalue weighted by Gasteiger charge is 2.14. The molecular formula is C15H22F2N2. The normalized spacial score (nSPS) is 17.8. The van der Waals surface area contributed by atoms with E-state index in [-0.39, 0.29) is 0 Å². The second-order valence-electron chi connectivity index (χ2n) is 5.48. The zero-order chi connectivity index (χ0) is 13.7. The molecule has 0 spiro atoms. The van der Waals surface area contributed by atoms with Crippen LogP contribution in [0.5, 0.6) is 0 Å². The smallest absolute Gasteiger partial charge is 0.126 e. The Morgan fingerprint density at radius 3 is 2.42 bits per heavy atom. The van der Waals surface area contributed by atoms with Gasteiger partial charge in [-0.25, -0.2) is 8.78 Å². The van der Waals surface area contributed by atoms with Crippen molar-refractivity contribution in [2.45, 2.75) is 26.3 Å². The van der Waals surface area contributed by atoms with Crippen molar-refractivity contribution in [3.8, 4) is 0 Å². The molecule has 0 aliphatic carbocycles. The molecule has 0 atom stereocenters. The van der Waals surface area contributed by atoms with Gasteiger partial charge in [0.1, 0.15) is 11.6 Å². The van der Waals surface area contributed by atoms with Gasteiger partial charge in [0.25, 0.3) is 0 Å². The van der Waals surface area contributed by atoms with Crippen molar-refractivity contribution in [3.05, 3.63) is 35.4 Å². The summed E-state index contributed by atoms with van der Waals surface area (Å²) in [7, 11) is 0. The predicted molar refractivity (Wildman–Crippen MR) is 72.9 cm³/mol. The molecule has 0 bridgehead atoms. The van der Waals surface area contributed by atoms with Crippen LogP contribution in [-0.2, 0) is 6.54 Å². The SMILES string of the molecule is CC1CCN(CCNCc2cc(F)cc(F)c2)CC1. The third-order valence-corrected chi connectivity index (χ3v) is 3.73. The zero-order valence-electron chi connectivity index (χ0n) is 11.5. The Kier molecular flexibility index (Phi) is 5.28. The van der Waals surface area contributed by atoms with Crippen molar-refractivity contribution in [1.82, 2.24) is 10.2 Å². The Bertz CT molecular complexity index is 381. The first-order valence-electron chi connectivity index (χ1n) is 7.01. The number of nitrogens with zero attached hydrogens (tertiary/aromatic N) is 1. The van der Waals surface area contributed by atoms with E-state index in [4.69, 9.17) is 0 Å². The lowest BCUT2D eigenvalue weighted by Gasteiger charge is -2.30. The molecule has 1 N–H and O–H groups in total. The minimum atomic E-state index is -0.512. The Morgan fingerprint density at radius 2 is 1.79 bits per heavy atom. The maximum Gasteiger partial charge on any atom is 0.126 e. The fourth-order valence-electron chi connectivity index (χ4n) is 2.47. The Morgan fingerprint density at radius 1 is 1.16 bits per heavy atom. The topological polar surface area (TPSA) is 15.3 Å². The molecular weight excluding hydrogens is 246 g/mol. The average Bonchev–Trinajstić information content (AvgIpc) is 2.36. The van der Waals surface area contributed by atoms with E-state index in [0.717, 1.165) is 38.2 Å². The summed E-state index contributed by atoms with van der Waals surface area (Å²) in [5, 5.41) is 3.24. The van der Waals surface area contributed by atoms with Crippen LogP contribution < -0.4 is 5.32 Å². The van der Waals surface area contributed by atoms with Crippen molar-refractivity contribution < 1.29 is 8.78 Å². The second kappa shape index (κ2) is 6.96. The highest BCUT2D eigenvalue weighted by molar-refractivity contribution is 5.17. The van der Waals surface area contributed by atoms with E-state index in [1.807, 2.05) is 0 Å². The molecule has 2 rings (SSSR count). The van der Waals surface area contributed by atoms with Gasteiger partial charge in [-0.1, -0.05) is 6.92 Å². The third kappa shape index (κ3) is 4.88. The molecule has 1 aromatic carbocycles. The van der Waals surface area contributed by atoms with Crippen LogP contribution >= 0.6 is 0 Å². The van der Waals surface area contributed by atoms with Gasteiger partial charge >= 0.3 is 0 Å². The van der Waals surface area contributed by atoms with E-state index < -0.39 is 11.6 Å². The van der Waals surface area contributed by atoms with Crippen LogP contribution in [0.25, 0.3) is 0 Å². The molecule has 106 valence electrons. The Labute approximate surface area is 113 Å². The second-order valence-corrected chi connectivity index (χ2v) is 5.48. The lowest BCUT2D eigenvalue weighted by atomic mass is 9.99. The van der Waals surface area contributed by atoms with Gasteiger partial charge in [0, 0.05) is 25.7 Å². The minimum Gasteiger partial charge on any atom is -0.311 e. The summed E-state index contributed by atoms with van der Waals surface area (Å²) < 4.78 is 26.0. The van der Waals surface area contributed by atoms with Crippen LogP contribution in [0.2, 0.25) is 0 Å². The zero-order valence-corrected chi connectivity index (χ0v) is 11.5. The summed E-state index contributed by atoms with van der Waals surface area (Å²) in [4.78, 5) is 2.44. The molecule has 0 aromatic heterocycles. The molecule has 0 unspecified atom stereocenters. The summed E-state index contributed by atoms with van der Waals surface area (Å²) in [6, 6.07) is 3.65. The lowest BCUT2D eigenvalue weighted by molar-refractivity contribution is 0.193. The standard InChI is InChI=1S/C15H22F2N2/c1-12-2-5-19(6-3-12)7-4-18-11-13-8-14(16)10-15(17)9-13/h8-10,12,18H,2-7,11H2,1H3. The van der Waals surface area contributed by atoms with E-state index in [9.17, 15) is 8.78 Å². The van der Waals surface area contributed by atoms with Crippen molar-refractivity contribution in [3.63, 3.8) is 0 Å². The number of benzene rings is 1. The molecule has 1 aliphatic heterocycles. The van der Waals surface area contributed by atoms with Gasteiger partial charge in [0.15, 0.2) is 0 Å². The van der Waals surface area contributed by atoms with E-state index in [2.05, 4.69) is 17.1 Å². The molecule has 1 aromatic rings. The number of likely N-dealkylation sites (tertiary alicyclic amines) is 1. The number of nitrogens with one attached hydrogen (secondary N) is 1. The predicted octanol–water partition coefficient (Wildman–Crippen LogP) is 2.79. The number of hydrogen-bond donors (Lipinski definition) is 1. The number of rotatable bonds is 5.